The molecule has 0 saturated heterocycles. The molecule has 3 N–H and O–H groups in total. The van der Waals surface area contributed by atoms with Gasteiger partial charge in [0.15, 0.2) is 0 Å². The molecule has 0 aromatic heterocycles. The summed E-state index contributed by atoms with van der Waals surface area (Å²) in [5.41, 5.74) is -0.572. The lowest BCUT2D eigenvalue weighted by Gasteiger charge is -2.41. The number of phenolic OH excluding ortho intramolecular Hbond substituents is 1. The van der Waals surface area contributed by atoms with Crippen LogP contribution in [-0.4, -0.2) is 34.7 Å². The summed E-state index contributed by atoms with van der Waals surface area (Å²) in [7, 11) is 1.46. The number of carbonyl (C=O) groups excluding carboxylic acids is 1. The fourth-order valence-electron chi connectivity index (χ4n) is 2.38. The van der Waals surface area contributed by atoms with Crippen LogP contribution >= 0.6 is 0 Å². The number of phenols is 1. The van der Waals surface area contributed by atoms with Crippen LogP contribution in [0.2, 0.25) is 0 Å². The van der Waals surface area contributed by atoms with E-state index in [1.165, 1.54) is 19.2 Å². The number of hydrogen-bond donors (Lipinski definition) is 3. The summed E-state index contributed by atoms with van der Waals surface area (Å²) in [5, 5.41) is 21.4. The molecular formula is C14H17NO5. The van der Waals surface area contributed by atoms with Gasteiger partial charge in [0.05, 0.1) is 24.6 Å². The van der Waals surface area contributed by atoms with Gasteiger partial charge >= 0.3 is 5.97 Å². The van der Waals surface area contributed by atoms with Crippen LogP contribution < -0.4 is 10.1 Å². The summed E-state index contributed by atoms with van der Waals surface area (Å²) >= 11 is 0. The molecule has 0 aliphatic heterocycles. The summed E-state index contributed by atoms with van der Waals surface area (Å²) < 4.78 is 4.95. The van der Waals surface area contributed by atoms with Crippen molar-refractivity contribution in [3.63, 3.8) is 0 Å². The minimum atomic E-state index is -0.941. The molecule has 0 atom stereocenters. The zero-order valence-corrected chi connectivity index (χ0v) is 11.2. The van der Waals surface area contributed by atoms with Crippen molar-refractivity contribution in [3.8, 4) is 11.5 Å². The molecule has 1 amide bonds. The monoisotopic (exact) mass is 279 g/mol. The Labute approximate surface area is 116 Å². The minimum absolute atomic E-state index is 0.102. The fourth-order valence-corrected chi connectivity index (χ4v) is 2.38. The van der Waals surface area contributed by atoms with Crippen LogP contribution in [0.25, 0.3) is 0 Å². The summed E-state index contributed by atoms with van der Waals surface area (Å²) in [4.78, 5) is 23.0. The Kier molecular flexibility index (Phi) is 3.83. The Hall–Kier alpha value is -2.24. The molecule has 1 fully saturated rings. The van der Waals surface area contributed by atoms with E-state index in [0.29, 0.717) is 18.6 Å². The zero-order chi connectivity index (χ0) is 14.8. The first-order valence-corrected chi connectivity index (χ1v) is 6.37. The van der Waals surface area contributed by atoms with Crippen molar-refractivity contribution in [3.05, 3.63) is 23.8 Å². The topological polar surface area (TPSA) is 95.9 Å². The molecule has 0 heterocycles. The molecular weight excluding hydrogens is 262 g/mol. The average Bonchev–Trinajstić information content (AvgIpc) is 2.35. The molecule has 6 nitrogen and oxygen atoms in total. The van der Waals surface area contributed by atoms with Crippen molar-refractivity contribution in [1.82, 2.24) is 5.32 Å². The van der Waals surface area contributed by atoms with Crippen molar-refractivity contribution >= 4 is 11.9 Å². The van der Waals surface area contributed by atoms with Gasteiger partial charge in [0.25, 0.3) is 5.91 Å². The molecule has 6 heteroatoms. The van der Waals surface area contributed by atoms with Gasteiger partial charge in [-0.25, -0.2) is 0 Å². The lowest BCUT2D eigenvalue weighted by Crippen LogP contribution is -2.54. The van der Waals surface area contributed by atoms with Crippen LogP contribution in [0.5, 0.6) is 11.5 Å². The number of aromatic hydroxyl groups is 1. The maximum Gasteiger partial charge on any atom is 0.305 e. The number of methoxy groups -OCH3 is 1. The predicted octanol–water partition coefficient (Wildman–Crippen LogP) is 1.53. The van der Waals surface area contributed by atoms with Gasteiger partial charge in [-0.1, -0.05) is 0 Å². The Morgan fingerprint density at radius 1 is 1.40 bits per heavy atom. The highest BCUT2D eigenvalue weighted by Gasteiger charge is 2.40. The number of ether oxygens (including phenoxy) is 1. The molecule has 1 aliphatic carbocycles. The number of amides is 1. The van der Waals surface area contributed by atoms with Crippen LogP contribution in [0, 0.1) is 0 Å². The van der Waals surface area contributed by atoms with Gasteiger partial charge < -0.3 is 20.3 Å². The van der Waals surface area contributed by atoms with Crippen LogP contribution in [0.4, 0.5) is 0 Å². The van der Waals surface area contributed by atoms with Crippen molar-refractivity contribution in [2.24, 2.45) is 0 Å². The molecule has 1 aromatic rings. The Balaban J connectivity index is 2.13. The molecule has 1 saturated carbocycles. The van der Waals surface area contributed by atoms with E-state index in [1.54, 1.807) is 6.07 Å². The van der Waals surface area contributed by atoms with E-state index >= 15 is 0 Å². The van der Waals surface area contributed by atoms with Gasteiger partial charge in [0.2, 0.25) is 0 Å². The van der Waals surface area contributed by atoms with E-state index in [4.69, 9.17) is 9.84 Å². The largest absolute Gasteiger partial charge is 0.507 e. The number of hydrogen-bond acceptors (Lipinski definition) is 4. The number of nitrogens with one attached hydrogen (secondary N) is 1. The van der Waals surface area contributed by atoms with Gasteiger partial charge in [-0.05, 0) is 31.4 Å². The Morgan fingerprint density at radius 3 is 2.55 bits per heavy atom. The van der Waals surface area contributed by atoms with Crippen molar-refractivity contribution in [1.29, 1.82) is 0 Å². The third-order valence-electron chi connectivity index (χ3n) is 3.63. The smallest absolute Gasteiger partial charge is 0.305 e. The van der Waals surface area contributed by atoms with Crippen LogP contribution in [0.3, 0.4) is 0 Å². The maximum atomic E-state index is 12.2. The minimum Gasteiger partial charge on any atom is -0.507 e. The Morgan fingerprint density at radius 2 is 2.10 bits per heavy atom. The van der Waals surface area contributed by atoms with Crippen molar-refractivity contribution in [2.75, 3.05) is 7.11 Å². The van der Waals surface area contributed by atoms with Crippen molar-refractivity contribution < 1.29 is 24.5 Å². The Bertz CT molecular complexity index is 536. The van der Waals surface area contributed by atoms with E-state index < -0.39 is 17.4 Å². The SMILES string of the molecule is COc1ccc(C(=O)NC2(CC(=O)O)CCC2)c(O)c1. The van der Waals surface area contributed by atoms with Crippen LogP contribution in [0.1, 0.15) is 36.0 Å². The number of rotatable bonds is 5. The number of benzene rings is 1. The highest BCUT2D eigenvalue weighted by molar-refractivity contribution is 5.97. The van der Waals surface area contributed by atoms with E-state index in [1.807, 2.05) is 0 Å². The van der Waals surface area contributed by atoms with Gasteiger partial charge in [-0.3, -0.25) is 9.59 Å². The molecule has 0 bridgehead atoms. The first-order chi connectivity index (χ1) is 9.46. The molecule has 20 heavy (non-hydrogen) atoms. The normalized spacial score (nSPS) is 16.1. The third kappa shape index (κ3) is 2.84. The number of carboxylic acids is 1. The first kappa shape index (κ1) is 14.2. The van der Waals surface area contributed by atoms with Crippen LogP contribution in [0.15, 0.2) is 18.2 Å². The van der Waals surface area contributed by atoms with Gasteiger partial charge in [-0.15, -0.1) is 0 Å². The average molecular weight is 279 g/mol. The second kappa shape index (κ2) is 5.40. The zero-order valence-electron chi connectivity index (χ0n) is 11.2. The van der Waals surface area contributed by atoms with E-state index in [-0.39, 0.29) is 17.7 Å². The van der Waals surface area contributed by atoms with Crippen molar-refractivity contribution in [2.45, 2.75) is 31.2 Å². The number of carboxylic acid groups (broad SMARTS) is 1. The van der Waals surface area contributed by atoms with E-state index in [2.05, 4.69) is 5.32 Å². The quantitative estimate of drug-likeness (QED) is 0.759. The molecule has 0 unspecified atom stereocenters. The van der Waals surface area contributed by atoms with Gasteiger partial charge in [0.1, 0.15) is 11.5 Å². The lowest BCUT2D eigenvalue weighted by atomic mass is 9.74. The second-order valence-electron chi connectivity index (χ2n) is 5.04. The highest BCUT2D eigenvalue weighted by Crippen LogP contribution is 2.35. The number of aliphatic carboxylic acids is 1. The van der Waals surface area contributed by atoms with Crippen LogP contribution in [-0.2, 0) is 4.79 Å². The van der Waals surface area contributed by atoms with E-state index in [0.717, 1.165) is 6.42 Å². The second-order valence-corrected chi connectivity index (χ2v) is 5.04. The summed E-state index contributed by atoms with van der Waals surface area (Å²) in [6, 6.07) is 4.37. The van der Waals surface area contributed by atoms with E-state index in [9.17, 15) is 14.7 Å². The summed E-state index contributed by atoms with van der Waals surface area (Å²) in [6.45, 7) is 0. The third-order valence-corrected chi connectivity index (χ3v) is 3.63. The summed E-state index contributed by atoms with van der Waals surface area (Å²) in [5.74, 6) is -1.15. The summed E-state index contributed by atoms with van der Waals surface area (Å²) in [6.07, 6.45) is 2.07. The first-order valence-electron chi connectivity index (χ1n) is 6.37. The fraction of sp³-hybridized carbons (Fsp3) is 0.429. The highest BCUT2D eigenvalue weighted by atomic mass is 16.5. The molecule has 1 aliphatic rings. The molecule has 0 spiro atoms. The lowest BCUT2D eigenvalue weighted by molar-refractivity contribution is -0.139. The predicted molar refractivity (Wildman–Crippen MR) is 71.0 cm³/mol. The number of carbonyl (C=O) groups is 2. The molecule has 0 radical (unpaired) electrons. The molecule has 2 rings (SSSR count). The molecule has 1 aromatic carbocycles. The standard InChI is InChI=1S/C14H17NO5/c1-20-9-3-4-10(11(16)7-9)13(19)15-14(5-2-6-14)8-12(17)18/h3-4,7,16H,2,5-6,8H2,1H3,(H,15,19)(H,17,18). The van der Waals surface area contributed by atoms with Gasteiger partial charge in [-0.2, -0.15) is 0 Å². The maximum absolute atomic E-state index is 12.2. The van der Waals surface area contributed by atoms with Gasteiger partial charge in [0, 0.05) is 6.07 Å². The molecule has 108 valence electrons.